The van der Waals surface area contributed by atoms with Gasteiger partial charge in [-0.3, -0.25) is 9.59 Å². The second-order valence-electron chi connectivity index (χ2n) is 5.24. The first-order chi connectivity index (χ1) is 11.9. The Kier molecular flexibility index (Phi) is 6.67. The molecule has 7 heteroatoms. The van der Waals surface area contributed by atoms with Gasteiger partial charge in [-0.2, -0.15) is 0 Å². The molecule has 0 aliphatic heterocycles. The molecule has 0 aliphatic carbocycles. The third-order valence-electron chi connectivity index (χ3n) is 3.39. The summed E-state index contributed by atoms with van der Waals surface area (Å²) in [6, 6.07) is 11.8. The minimum atomic E-state index is -0.962. The molecular weight excluding hydrogens is 365 g/mol. The van der Waals surface area contributed by atoms with Crippen LogP contribution in [0.1, 0.15) is 12.5 Å². The van der Waals surface area contributed by atoms with Crippen LogP contribution < -0.4 is 10.1 Å². The molecule has 0 bridgehead atoms. The summed E-state index contributed by atoms with van der Waals surface area (Å²) in [5, 5.41) is 3.47. The molecule has 1 N–H and O–H groups in total. The van der Waals surface area contributed by atoms with Gasteiger partial charge in [-0.15, -0.1) is 0 Å². The molecule has 0 spiro atoms. The van der Waals surface area contributed by atoms with Gasteiger partial charge in [0.25, 0.3) is 5.91 Å². The molecule has 1 atom stereocenters. The van der Waals surface area contributed by atoms with Crippen molar-refractivity contribution in [2.24, 2.45) is 0 Å². The second-order valence-corrected chi connectivity index (χ2v) is 6.05. The van der Waals surface area contributed by atoms with Gasteiger partial charge in [-0.1, -0.05) is 41.4 Å². The Morgan fingerprint density at radius 3 is 2.48 bits per heavy atom. The maximum Gasteiger partial charge on any atom is 0.311 e. The van der Waals surface area contributed by atoms with E-state index in [1.165, 1.54) is 14.0 Å². The summed E-state index contributed by atoms with van der Waals surface area (Å²) in [6.45, 7) is 1.49. The molecule has 0 saturated carbocycles. The second kappa shape index (κ2) is 8.74. The zero-order valence-corrected chi connectivity index (χ0v) is 15.2. The summed E-state index contributed by atoms with van der Waals surface area (Å²) in [5.41, 5.74) is 1.12. The summed E-state index contributed by atoms with van der Waals surface area (Å²) in [5.74, 6) is -0.504. The van der Waals surface area contributed by atoms with Crippen LogP contribution in [-0.4, -0.2) is 25.1 Å². The van der Waals surface area contributed by atoms with Gasteiger partial charge in [0.2, 0.25) is 0 Å². The smallest absolute Gasteiger partial charge is 0.311 e. The van der Waals surface area contributed by atoms with E-state index in [-0.39, 0.29) is 6.42 Å². The van der Waals surface area contributed by atoms with Crippen LogP contribution in [-0.2, 0) is 20.7 Å². The van der Waals surface area contributed by atoms with Crippen LogP contribution >= 0.6 is 23.2 Å². The molecule has 2 rings (SSSR count). The van der Waals surface area contributed by atoms with E-state index in [9.17, 15) is 9.59 Å². The van der Waals surface area contributed by atoms with Gasteiger partial charge in [-0.05, 0) is 36.8 Å². The van der Waals surface area contributed by atoms with Crippen molar-refractivity contribution in [2.75, 3.05) is 12.4 Å². The fourth-order valence-corrected chi connectivity index (χ4v) is 2.54. The van der Waals surface area contributed by atoms with Crippen LogP contribution in [0.25, 0.3) is 0 Å². The number of hydrogen-bond acceptors (Lipinski definition) is 4. The quantitative estimate of drug-likeness (QED) is 0.764. The van der Waals surface area contributed by atoms with Crippen molar-refractivity contribution >= 4 is 40.8 Å². The minimum absolute atomic E-state index is 0.00828. The molecule has 0 fully saturated rings. The van der Waals surface area contributed by atoms with E-state index in [4.69, 9.17) is 32.7 Å². The highest BCUT2D eigenvalue weighted by atomic mass is 35.5. The summed E-state index contributed by atoms with van der Waals surface area (Å²) < 4.78 is 10.2. The van der Waals surface area contributed by atoms with E-state index in [1.54, 1.807) is 42.5 Å². The maximum atomic E-state index is 12.1. The van der Waals surface area contributed by atoms with Crippen molar-refractivity contribution in [3.05, 3.63) is 58.1 Å². The van der Waals surface area contributed by atoms with Crippen LogP contribution in [0.15, 0.2) is 42.5 Å². The number of esters is 1. The Labute approximate surface area is 155 Å². The summed E-state index contributed by atoms with van der Waals surface area (Å²) in [4.78, 5) is 24.1. The number of halogens is 2. The Hall–Kier alpha value is -2.24. The van der Waals surface area contributed by atoms with E-state index < -0.39 is 18.0 Å². The molecule has 0 aromatic heterocycles. The van der Waals surface area contributed by atoms with Crippen molar-refractivity contribution in [1.82, 2.24) is 0 Å². The molecule has 132 valence electrons. The molecule has 0 unspecified atom stereocenters. The van der Waals surface area contributed by atoms with Crippen molar-refractivity contribution in [1.29, 1.82) is 0 Å². The minimum Gasteiger partial charge on any atom is -0.495 e. The third-order valence-corrected chi connectivity index (χ3v) is 4.05. The van der Waals surface area contributed by atoms with Crippen molar-refractivity contribution < 1.29 is 19.1 Å². The van der Waals surface area contributed by atoms with Crippen LogP contribution in [0, 0.1) is 0 Å². The predicted octanol–water partition coefficient (Wildman–Crippen LogP) is 4.11. The molecule has 0 radical (unpaired) electrons. The van der Waals surface area contributed by atoms with E-state index in [1.807, 2.05) is 0 Å². The molecule has 25 heavy (non-hydrogen) atoms. The Balaban J connectivity index is 1.92. The summed E-state index contributed by atoms with van der Waals surface area (Å²) in [6.07, 6.45) is -0.970. The molecule has 0 aliphatic rings. The lowest BCUT2D eigenvalue weighted by Crippen LogP contribution is -2.30. The van der Waals surface area contributed by atoms with E-state index in [0.29, 0.717) is 27.0 Å². The molecule has 2 aromatic rings. The van der Waals surface area contributed by atoms with E-state index in [0.717, 1.165) is 0 Å². The fraction of sp³-hybridized carbons (Fsp3) is 0.222. The van der Waals surface area contributed by atoms with Crippen molar-refractivity contribution in [3.8, 4) is 5.75 Å². The third kappa shape index (κ3) is 5.37. The monoisotopic (exact) mass is 381 g/mol. The average molecular weight is 382 g/mol. The SMILES string of the molecule is COc1ccc(NC(=O)[C@H](C)OC(=O)Cc2ccccc2Cl)cc1Cl. The van der Waals surface area contributed by atoms with Gasteiger partial charge in [0.1, 0.15) is 5.75 Å². The van der Waals surface area contributed by atoms with Crippen molar-refractivity contribution in [3.63, 3.8) is 0 Å². The molecule has 0 saturated heterocycles. The highest BCUT2D eigenvalue weighted by Crippen LogP contribution is 2.27. The lowest BCUT2D eigenvalue weighted by molar-refractivity contribution is -0.152. The average Bonchev–Trinajstić information content (AvgIpc) is 2.57. The van der Waals surface area contributed by atoms with Gasteiger partial charge in [0.05, 0.1) is 18.6 Å². The summed E-state index contributed by atoms with van der Waals surface area (Å²) >= 11 is 12.0. The van der Waals surface area contributed by atoms with Crippen LogP contribution in [0.5, 0.6) is 5.75 Å². The lowest BCUT2D eigenvalue weighted by Gasteiger charge is -2.14. The van der Waals surface area contributed by atoms with Crippen molar-refractivity contribution in [2.45, 2.75) is 19.4 Å². The topological polar surface area (TPSA) is 64.6 Å². The number of carbonyl (C=O) groups excluding carboxylic acids is 2. The first-order valence-corrected chi connectivity index (χ1v) is 8.23. The van der Waals surface area contributed by atoms with Gasteiger partial charge < -0.3 is 14.8 Å². The number of benzene rings is 2. The Bertz CT molecular complexity index is 779. The number of methoxy groups -OCH3 is 1. The maximum absolute atomic E-state index is 12.1. The molecular formula is C18H17Cl2NO4. The standard InChI is InChI=1S/C18H17Cl2NO4/c1-11(25-17(22)9-12-5-3-4-6-14(12)19)18(23)21-13-7-8-16(24-2)15(20)10-13/h3-8,10-11H,9H2,1-2H3,(H,21,23)/t11-/m0/s1. The fourth-order valence-electron chi connectivity index (χ4n) is 2.08. The first-order valence-electron chi connectivity index (χ1n) is 7.48. The number of amides is 1. The largest absolute Gasteiger partial charge is 0.495 e. The number of anilines is 1. The number of rotatable bonds is 6. The van der Waals surface area contributed by atoms with E-state index >= 15 is 0 Å². The number of nitrogens with one attached hydrogen (secondary N) is 1. The lowest BCUT2D eigenvalue weighted by atomic mass is 10.1. The molecule has 0 heterocycles. The highest BCUT2D eigenvalue weighted by molar-refractivity contribution is 6.32. The molecule has 1 amide bonds. The summed E-state index contributed by atoms with van der Waals surface area (Å²) in [7, 11) is 1.50. The van der Waals surface area contributed by atoms with Gasteiger partial charge in [0, 0.05) is 10.7 Å². The first kappa shape index (κ1) is 19.1. The van der Waals surface area contributed by atoms with Gasteiger partial charge >= 0.3 is 5.97 Å². The number of carbonyl (C=O) groups is 2. The van der Waals surface area contributed by atoms with Gasteiger partial charge in [-0.25, -0.2) is 0 Å². The zero-order valence-electron chi connectivity index (χ0n) is 13.7. The zero-order chi connectivity index (χ0) is 18.4. The van der Waals surface area contributed by atoms with Crippen LogP contribution in [0.4, 0.5) is 5.69 Å². The van der Waals surface area contributed by atoms with E-state index in [2.05, 4.69) is 5.32 Å². The predicted molar refractivity (Wildman–Crippen MR) is 97.3 cm³/mol. The highest BCUT2D eigenvalue weighted by Gasteiger charge is 2.19. The molecule has 2 aromatic carbocycles. The normalized spacial score (nSPS) is 11.5. The number of ether oxygens (including phenoxy) is 2. The Morgan fingerprint density at radius 1 is 1.12 bits per heavy atom. The Morgan fingerprint density at radius 2 is 1.84 bits per heavy atom. The van der Waals surface area contributed by atoms with Gasteiger partial charge in [0.15, 0.2) is 6.10 Å². The van der Waals surface area contributed by atoms with Crippen LogP contribution in [0.3, 0.4) is 0 Å². The van der Waals surface area contributed by atoms with Crippen LogP contribution in [0.2, 0.25) is 10.0 Å². The molecule has 5 nitrogen and oxygen atoms in total. The number of hydrogen-bond donors (Lipinski definition) is 1.